The maximum atomic E-state index is 9.42. The first kappa shape index (κ1) is 15.4. The zero-order chi connectivity index (χ0) is 14.6. The SMILES string of the molecule is Cc1ccccc1CSC(C)CC(C)(C#N)NC1CC1. The molecule has 1 aliphatic rings. The van der Waals surface area contributed by atoms with Gasteiger partial charge in [0.05, 0.1) is 6.07 Å². The molecular formula is C17H24N2S. The number of nitrogens with one attached hydrogen (secondary N) is 1. The first-order valence-electron chi connectivity index (χ1n) is 7.37. The van der Waals surface area contributed by atoms with Crippen LogP contribution in [0.2, 0.25) is 0 Å². The largest absolute Gasteiger partial charge is 0.297 e. The zero-order valence-corrected chi connectivity index (χ0v) is 13.5. The Balaban J connectivity index is 1.84. The third-order valence-electron chi connectivity index (χ3n) is 3.83. The third kappa shape index (κ3) is 4.54. The normalized spacial score (nSPS) is 19.1. The molecule has 1 saturated carbocycles. The van der Waals surface area contributed by atoms with Crippen LogP contribution in [-0.2, 0) is 5.75 Å². The van der Waals surface area contributed by atoms with Crippen LogP contribution in [0.25, 0.3) is 0 Å². The Hall–Kier alpha value is -0.980. The molecule has 1 aliphatic carbocycles. The number of hydrogen-bond donors (Lipinski definition) is 1. The second kappa shape index (κ2) is 6.65. The standard InChI is InChI=1S/C17H24N2S/c1-13-6-4-5-7-15(13)11-20-14(2)10-17(3,12-18)19-16-8-9-16/h4-7,14,16,19H,8-11H2,1-3H3. The summed E-state index contributed by atoms with van der Waals surface area (Å²) in [5.41, 5.74) is 2.38. The van der Waals surface area contributed by atoms with Gasteiger partial charge in [-0.3, -0.25) is 5.32 Å². The minimum absolute atomic E-state index is 0.376. The highest BCUT2D eigenvalue weighted by Gasteiger charge is 2.33. The fourth-order valence-corrected chi connectivity index (χ4v) is 3.69. The first-order chi connectivity index (χ1) is 9.52. The van der Waals surface area contributed by atoms with Crippen LogP contribution in [0.15, 0.2) is 24.3 Å². The number of aryl methyl sites for hydroxylation is 1. The van der Waals surface area contributed by atoms with Gasteiger partial charge in [0.1, 0.15) is 5.54 Å². The van der Waals surface area contributed by atoms with Crippen LogP contribution < -0.4 is 5.32 Å². The third-order valence-corrected chi connectivity index (χ3v) is 5.04. The lowest BCUT2D eigenvalue weighted by atomic mass is 9.98. The maximum Gasteiger partial charge on any atom is 0.105 e. The van der Waals surface area contributed by atoms with Gasteiger partial charge in [-0.1, -0.05) is 31.2 Å². The van der Waals surface area contributed by atoms with E-state index >= 15 is 0 Å². The van der Waals surface area contributed by atoms with Gasteiger partial charge in [-0.2, -0.15) is 17.0 Å². The van der Waals surface area contributed by atoms with E-state index in [0.29, 0.717) is 11.3 Å². The number of nitriles is 1. The molecule has 1 aromatic carbocycles. The summed E-state index contributed by atoms with van der Waals surface area (Å²) < 4.78 is 0. The van der Waals surface area contributed by atoms with E-state index in [1.807, 2.05) is 18.7 Å². The van der Waals surface area contributed by atoms with Gasteiger partial charge >= 0.3 is 0 Å². The Labute approximate surface area is 127 Å². The summed E-state index contributed by atoms with van der Waals surface area (Å²) in [6.45, 7) is 6.43. The summed E-state index contributed by atoms with van der Waals surface area (Å²) in [5.74, 6) is 1.03. The highest BCUT2D eigenvalue weighted by Crippen LogP contribution is 2.29. The molecule has 1 aromatic rings. The van der Waals surface area contributed by atoms with Gasteiger partial charge in [-0.15, -0.1) is 0 Å². The van der Waals surface area contributed by atoms with Crippen molar-refractivity contribution in [3.8, 4) is 6.07 Å². The fraction of sp³-hybridized carbons (Fsp3) is 0.588. The molecule has 0 radical (unpaired) electrons. The van der Waals surface area contributed by atoms with Crippen LogP contribution in [0.4, 0.5) is 0 Å². The van der Waals surface area contributed by atoms with Gasteiger partial charge < -0.3 is 0 Å². The van der Waals surface area contributed by atoms with Crippen molar-refractivity contribution < 1.29 is 0 Å². The van der Waals surface area contributed by atoms with Gasteiger partial charge in [0.25, 0.3) is 0 Å². The summed E-state index contributed by atoms with van der Waals surface area (Å²) in [5, 5.41) is 13.4. The van der Waals surface area contributed by atoms with E-state index in [9.17, 15) is 5.26 Å². The summed E-state index contributed by atoms with van der Waals surface area (Å²) in [6, 6.07) is 11.6. The summed E-state index contributed by atoms with van der Waals surface area (Å²) in [7, 11) is 0. The van der Waals surface area contributed by atoms with Crippen molar-refractivity contribution in [1.82, 2.24) is 5.32 Å². The number of benzene rings is 1. The molecule has 2 unspecified atom stereocenters. The van der Waals surface area contributed by atoms with Crippen LogP contribution in [0.5, 0.6) is 0 Å². The number of rotatable bonds is 7. The number of thioether (sulfide) groups is 1. The Morgan fingerprint density at radius 2 is 2.15 bits per heavy atom. The molecule has 0 aliphatic heterocycles. The predicted octanol–water partition coefficient (Wildman–Crippen LogP) is 4.04. The van der Waals surface area contributed by atoms with E-state index in [1.165, 1.54) is 24.0 Å². The lowest BCUT2D eigenvalue weighted by Crippen LogP contribution is -2.44. The van der Waals surface area contributed by atoms with Crippen LogP contribution >= 0.6 is 11.8 Å². The minimum atomic E-state index is -0.376. The van der Waals surface area contributed by atoms with Crippen molar-refractivity contribution >= 4 is 11.8 Å². The van der Waals surface area contributed by atoms with E-state index in [2.05, 4.69) is 49.5 Å². The molecule has 0 amide bonds. The predicted molar refractivity (Wildman–Crippen MR) is 86.7 cm³/mol. The van der Waals surface area contributed by atoms with Crippen molar-refractivity contribution in [2.75, 3.05) is 0 Å². The molecule has 3 heteroatoms. The number of hydrogen-bond acceptors (Lipinski definition) is 3. The van der Waals surface area contributed by atoms with Crippen LogP contribution in [-0.4, -0.2) is 16.8 Å². The first-order valence-corrected chi connectivity index (χ1v) is 8.42. The second-order valence-corrected chi connectivity index (χ2v) is 7.54. The van der Waals surface area contributed by atoms with Gasteiger partial charge in [-0.05, 0) is 44.2 Å². The molecule has 0 spiro atoms. The molecule has 0 aromatic heterocycles. The minimum Gasteiger partial charge on any atom is -0.297 e. The Bertz CT molecular complexity index is 490. The van der Waals surface area contributed by atoms with Crippen LogP contribution in [0.1, 0.15) is 44.2 Å². The summed E-state index contributed by atoms with van der Waals surface area (Å²) >= 11 is 1.94. The topological polar surface area (TPSA) is 35.8 Å². The zero-order valence-electron chi connectivity index (χ0n) is 12.6. The smallest absolute Gasteiger partial charge is 0.105 e. The Kier molecular flexibility index (Phi) is 5.12. The molecule has 20 heavy (non-hydrogen) atoms. The Morgan fingerprint density at radius 3 is 2.75 bits per heavy atom. The fourth-order valence-electron chi connectivity index (χ4n) is 2.45. The van der Waals surface area contributed by atoms with Crippen molar-refractivity contribution in [3.05, 3.63) is 35.4 Å². The van der Waals surface area contributed by atoms with E-state index in [1.54, 1.807) is 0 Å². The molecule has 0 saturated heterocycles. The highest BCUT2D eigenvalue weighted by molar-refractivity contribution is 7.99. The van der Waals surface area contributed by atoms with Crippen molar-refractivity contribution in [2.45, 2.75) is 62.6 Å². The number of nitrogens with zero attached hydrogens (tertiary/aromatic N) is 1. The molecule has 2 nitrogen and oxygen atoms in total. The van der Waals surface area contributed by atoms with Gasteiger partial charge in [0.15, 0.2) is 0 Å². The van der Waals surface area contributed by atoms with Gasteiger partial charge in [-0.25, -0.2) is 0 Å². The molecule has 0 bridgehead atoms. The molecular weight excluding hydrogens is 264 g/mol. The van der Waals surface area contributed by atoms with Crippen LogP contribution in [0.3, 0.4) is 0 Å². The van der Waals surface area contributed by atoms with Gasteiger partial charge in [0, 0.05) is 17.0 Å². The lowest BCUT2D eigenvalue weighted by Gasteiger charge is -2.26. The van der Waals surface area contributed by atoms with Crippen molar-refractivity contribution in [3.63, 3.8) is 0 Å². The Morgan fingerprint density at radius 1 is 1.45 bits per heavy atom. The maximum absolute atomic E-state index is 9.42. The van der Waals surface area contributed by atoms with Gasteiger partial charge in [0.2, 0.25) is 0 Å². The van der Waals surface area contributed by atoms with E-state index in [-0.39, 0.29) is 5.54 Å². The quantitative estimate of drug-likeness (QED) is 0.822. The molecule has 0 heterocycles. The average Bonchev–Trinajstić information content (AvgIpc) is 3.21. The molecule has 2 atom stereocenters. The molecule has 1 N–H and O–H groups in total. The monoisotopic (exact) mass is 288 g/mol. The van der Waals surface area contributed by atoms with E-state index in [0.717, 1.165) is 12.2 Å². The van der Waals surface area contributed by atoms with E-state index < -0.39 is 0 Å². The van der Waals surface area contributed by atoms with Crippen molar-refractivity contribution in [1.29, 1.82) is 5.26 Å². The highest BCUT2D eigenvalue weighted by atomic mass is 32.2. The average molecular weight is 288 g/mol. The van der Waals surface area contributed by atoms with Crippen LogP contribution in [0, 0.1) is 18.3 Å². The van der Waals surface area contributed by atoms with Crippen molar-refractivity contribution in [2.24, 2.45) is 0 Å². The molecule has 108 valence electrons. The van der Waals surface area contributed by atoms with E-state index in [4.69, 9.17) is 0 Å². The second-order valence-electron chi connectivity index (χ2n) is 6.11. The summed E-state index contributed by atoms with van der Waals surface area (Å²) in [6.07, 6.45) is 3.35. The lowest BCUT2D eigenvalue weighted by molar-refractivity contribution is 0.414. The summed E-state index contributed by atoms with van der Waals surface area (Å²) in [4.78, 5) is 0. The molecule has 2 rings (SSSR count). The molecule has 1 fully saturated rings.